The Morgan fingerprint density at radius 1 is 1.19 bits per heavy atom. The number of aromatic nitrogens is 1. The lowest BCUT2D eigenvalue weighted by Crippen LogP contribution is -2.17. The predicted octanol–water partition coefficient (Wildman–Crippen LogP) is 5.00. The molecule has 1 heterocycles. The minimum Gasteiger partial charge on any atom is -0.406 e. The second-order valence-corrected chi connectivity index (χ2v) is 9.19. The fraction of sp³-hybridized carbons (Fsp3) is 0.286. The summed E-state index contributed by atoms with van der Waals surface area (Å²) in [7, 11) is -3.40. The zero-order valence-electron chi connectivity index (χ0n) is 16.4. The van der Waals surface area contributed by atoms with Crippen LogP contribution in [0.5, 0.6) is 5.75 Å². The number of alkyl halides is 3. The lowest BCUT2D eigenvalue weighted by molar-refractivity contribution is -0.274. The van der Waals surface area contributed by atoms with Gasteiger partial charge in [-0.2, -0.15) is 5.26 Å². The van der Waals surface area contributed by atoms with Gasteiger partial charge in [0, 0.05) is 23.7 Å². The lowest BCUT2D eigenvalue weighted by atomic mass is 10.1. The van der Waals surface area contributed by atoms with Gasteiger partial charge >= 0.3 is 6.36 Å². The molecule has 31 heavy (non-hydrogen) atoms. The molecule has 1 aliphatic rings. The van der Waals surface area contributed by atoms with Crippen molar-refractivity contribution in [3.63, 3.8) is 0 Å². The molecule has 162 valence electrons. The van der Waals surface area contributed by atoms with Crippen LogP contribution in [0.4, 0.5) is 18.9 Å². The number of nitrogens with zero attached hydrogens (tertiary/aromatic N) is 2. The maximum absolute atomic E-state index is 12.6. The third kappa shape index (κ3) is 4.18. The maximum atomic E-state index is 12.6. The smallest absolute Gasteiger partial charge is 0.406 e. The van der Waals surface area contributed by atoms with Crippen LogP contribution in [0.3, 0.4) is 0 Å². The number of nitriles is 1. The van der Waals surface area contributed by atoms with E-state index in [9.17, 15) is 26.9 Å². The molecule has 1 fully saturated rings. The van der Waals surface area contributed by atoms with Gasteiger partial charge in [0.05, 0.1) is 22.0 Å². The van der Waals surface area contributed by atoms with Crippen LogP contribution in [0.15, 0.2) is 42.5 Å². The number of anilines is 1. The summed E-state index contributed by atoms with van der Waals surface area (Å²) in [5.74, 6) is -0.368. The largest absolute Gasteiger partial charge is 0.573 e. The molecule has 0 unspecified atom stereocenters. The predicted molar refractivity (Wildman–Crippen MR) is 110 cm³/mol. The molecular formula is C21H18F3N3O3S. The van der Waals surface area contributed by atoms with E-state index < -0.39 is 16.4 Å². The molecule has 10 heteroatoms. The van der Waals surface area contributed by atoms with Gasteiger partial charge in [-0.3, -0.25) is 4.72 Å². The molecule has 6 nitrogen and oxygen atoms in total. The Labute approximate surface area is 176 Å². The molecule has 2 aromatic carbocycles. The SMILES string of the molecule is CCn1c(-c2ccc(NS(=O)(=O)C3CC3)cc2)c(C#N)c2ccc(OC(F)(F)F)cc21. The average molecular weight is 449 g/mol. The van der Waals surface area contributed by atoms with Crippen molar-refractivity contribution in [2.45, 2.75) is 37.9 Å². The Bertz CT molecular complexity index is 1290. The van der Waals surface area contributed by atoms with Gasteiger partial charge in [-0.05, 0) is 49.6 Å². The number of nitrogens with one attached hydrogen (secondary N) is 1. The van der Waals surface area contributed by atoms with Crippen LogP contribution in [0.1, 0.15) is 25.3 Å². The van der Waals surface area contributed by atoms with Gasteiger partial charge in [-0.25, -0.2) is 8.42 Å². The van der Waals surface area contributed by atoms with Crippen LogP contribution in [0.2, 0.25) is 0 Å². The number of benzene rings is 2. The average Bonchev–Trinajstić information content (AvgIpc) is 3.50. The molecule has 1 saturated carbocycles. The van der Waals surface area contributed by atoms with Gasteiger partial charge in [0.2, 0.25) is 10.0 Å². The van der Waals surface area contributed by atoms with Crippen LogP contribution in [-0.4, -0.2) is 24.6 Å². The molecule has 1 aliphatic carbocycles. The Morgan fingerprint density at radius 3 is 2.42 bits per heavy atom. The van der Waals surface area contributed by atoms with Gasteiger partial charge in [-0.1, -0.05) is 12.1 Å². The highest BCUT2D eigenvalue weighted by molar-refractivity contribution is 7.93. The summed E-state index contributed by atoms with van der Waals surface area (Å²) in [6, 6.07) is 12.6. The standard InChI is InChI=1S/C21H18F3N3O3S/c1-2-27-19-11-15(30-21(22,23)24)7-10-17(19)18(12-25)20(27)13-3-5-14(6-4-13)26-31(28,29)16-8-9-16/h3-7,10-11,16,26H,2,8-9H2,1H3. The normalized spacial score (nSPS) is 14.4. The molecule has 4 rings (SSSR count). The number of ether oxygens (including phenoxy) is 1. The van der Waals surface area contributed by atoms with E-state index >= 15 is 0 Å². The Morgan fingerprint density at radius 2 is 1.87 bits per heavy atom. The van der Waals surface area contributed by atoms with Crippen molar-refractivity contribution in [3.05, 3.63) is 48.0 Å². The van der Waals surface area contributed by atoms with Crippen molar-refractivity contribution in [2.24, 2.45) is 0 Å². The molecule has 1 aromatic heterocycles. The van der Waals surface area contributed by atoms with Gasteiger partial charge in [0.15, 0.2) is 0 Å². The summed E-state index contributed by atoms with van der Waals surface area (Å²) in [6.45, 7) is 2.22. The zero-order chi connectivity index (χ0) is 22.4. The number of hydrogen-bond acceptors (Lipinski definition) is 4. The Balaban J connectivity index is 1.76. The number of rotatable bonds is 6. The first-order valence-corrected chi connectivity index (χ1v) is 11.1. The van der Waals surface area contributed by atoms with Crippen molar-refractivity contribution in [1.82, 2.24) is 4.57 Å². The van der Waals surface area contributed by atoms with Gasteiger partial charge < -0.3 is 9.30 Å². The van der Waals surface area contributed by atoms with Gasteiger partial charge in [-0.15, -0.1) is 13.2 Å². The maximum Gasteiger partial charge on any atom is 0.573 e. The molecular weight excluding hydrogens is 431 g/mol. The minimum absolute atomic E-state index is 0.321. The molecule has 0 atom stereocenters. The molecule has 0 amide bonds. The van der Waals surface area contributed by atoms with E-state index in [0.717, 1.165) is 0 Å². The topological polar surface area (TPSA) is 84.1 Å². The molecule has 3 aromatic rings. The highest BCUT2D eigenvalue weighted by atomic mass is 32.2. The number of aryl methyl sites for hydroxylation is 1. The summed E-state index contributed by atoms with van der Waals surface area (Å²) in [5.41, 5.74) is 2.35. The molecule has 0 bridgehead atoms. The van der Waals surface area contributed by atoms with Crippen LogP contribution >= 0.6 is 0 Å². The highest BCUT2D eigenvalue weighted by Crippen LogP contribution is 2.37. The first-order valence-electron chi connectivity index (χ1n) is 9.57. The number of halogens is 3. The monoisotopic (exact) mass is 449 g/mol. The van der Waals surface area contributed by atoms with Crippen LogP contribution in [-0.2, 0) is 16.6 Å². The third-order valence-electron chi connectivity index (χ3n) is 5.08. The second-order valence-electron chi connectivity index (χ2n) is 7.23. The van der Waals surface area contributed by atoms with E-state index in [-0.39, 0.29) is 11.0 Å². The van der Waals surface area contributed by atoms with Crippen molar-refractivity contribution in [3.8, 4) is 23.1 Å². The van der Waals surface area contributed by atoms with E-state index in [1.165, 1.54) is 18.2 Å². The van der Waals surface area contributed by atoms with E-state index in [1.54, 1.807) is 28.8 Å². The Hall–Kier alpha value is -3.19. The fourth-order valence-corrected chi connectivity index (χ4v) is 4.98. The first-order chi connectivity index (χ1) is 14.6. The molecule has 0 saturated heterocycles. The Kier molecular flexibility index (Phi) is 5.09. The van der Waals surface area contributed by atoms with Crippen molar-refractivity contribution < 1.29 is 26.3 Å². The number of fused-ring (bicyclic) bond motifs is 1. The molecule has 0 aliphatic heterocycles. The lowest BCUT2D eigenvalue weighted by Gasteiger charge is -2.12. The number of sulfonamides is 1. The van der Waals surface area contributed by atoms with E-state index in [1.807, 2.05) is 6.92 Å². The zero-order valence-corrected chi connectivity index (χ0v) is 17.2. The molecule has 1 N–H and O–H groups in total. The van der Waals surface area contributed by atoms with E-state index in [0.29, 0.717) is 52.8 Å². The van der Waals surface area contributed by atoms with Crippen LogP contribution in [0.25, 0.3) is 22.2 Å². The number of hydrogen-bond donors (Lipinski definition) is 1. The second kappa shape index (κ2) is 7.50. The summed E-state index contributed by atoms with van der Waals surface area (Å²) in [5, 5.41) is 9.90. The van der Waals surface area contributed by atoms with Crippen molar-refractivity contribution in [2.75, 3.05) is 4.72 Å². The first kappa shape index (κ1) is 21.1. The quantitative estimate of drug-likeness (QED) is 0.574. The molecule has 0 spiro atoms. The summed E-state index contributed by atoms with van der Waals surface area (Å²) in [4.78, 5) is 0. The van der Waals surface area contributed by atoms with Gasteiger partial charge in [0.25, 0.3) is 0 Å². The van der Waals surface area contributed by atoms with E-state index in [4.69, 9.17) is 0 Å². The van der Waals surface area contributed by atoms with Crippen LogP contribution in [0, 0.1) is 11.3 Å². The van der Waals surface area contributed by atoms with Crippen molar-refractivity contribution in [1.29, 1.82) is 5.26 Å². The molecule has 0 radical (unpaired) electrons. The van der Waals surface area contributed by atoms with Crippen molar-refractivity contribution >= 4 is 26.6 Å². The summed E-state index contributed by atoms with van der Waals surface area (Å²) < 4.78 is 70.4. The minimum atomic E-state index is -4.82. The van der Waals surface area contributed by atoms with Crippen LogP contribution < -0.4 is 9.46 Å². The van der Waals surface area contributed by atoms with Gasteiger partial charge in [0.1, 0.15) is 11.8 Å². The van der Waals surface area contributed by atoms with E-state index in [2.05, 4.69) is 15.5 Å². The summed E-state index contributed by atoms with van der Waals surface area (Å²) in [6.07, 6.45) is -3.52. The summed E-state index contributed by atoms with van der Waals surface area (Å²) >= 11 is 0. The highest BCUT2D eigenvalue weighted by Gasteiger charge is 2.35. The third-order valence-corrected chi connectivity index (χ3v) is 6.95. The fourth-order valence-electron chi connectivity index (χ4n) is 3.59.